The summed E-state index contributed by atoms with van der Waals surface area (Å²) in [6.07, 6.45) is 0.822. The number of carbonyl (C=O) groups excluding carboxylic acids is 1. The van der Waals surface area contributed by atoms with E-state index in [0.717, 1.165) is 44.9 Å². The maximum atomic E-state index is 12.8. The molecule has 2 N–H and O–H groups in total. The third kappa shape index (κ3) is 6.18. The Bertz CT molecular complexity index is 1180. The van der Waals surface area contributed by atoms with Gasteiger partial charge in [0.25, 0.3) is 0 Å². The lowest BCUT2D eigenvalue weighted by Crippen LogP contribution is -2.45. The van der Waals surface area contributed by atoms with Crippen molar-refractivity contribution in [3.63, 3.8) is 0 Å². The lowest BCUT2D eigenvalue weighted by atomic mass is 9.95. The van der Waals surface area contributed by atoms with Gasteiger partial charge in [-0.05, 0) is 69.3 Å². The molecule has 9 nitrogen and oxygen atoms in total. The Balaban J connectivity index is 1.42. The van der Waals surface area contributed by atoms with E-state index >= 15 is 0 Å². The predicted molar refractivity (Wildman–Crippen MR) is 142 cm³/mol. The lowest BCUT2D eigenvalue weighted by Gasteiger charge is -2.38. The highest BCUT2D eigenvalue weighted by Crippen LogP contribution is 2.35. The number of ether oxygens (including phenoxy) is 1. The van der Waals surface area contributed by atoms with Crippen LogP contribution in [-0.2, 0) is 27.8 Å². The number of fused-ring (bicyclic) bond motifs is 1. The Labute approximate surface area is 214 Å². The van der Waals surface area contributed by atoms with Crippen LogP contribution in [-0.4, -0.2) is 83.6 Å². The predicted octanol–water partition coefficient (Wildman–Crippen LogP) is 2.13. The van der Waals surface area contributed by atoms with Gasteiger partial charge in [-0.1, -0.05) is 0 Å². The summed E-state index contributed by atoms with van der Waals surface area (Å²) in [4.78, 5) is 19.9. The first-order valence-electron chi connectivity index (χ1n) is 12.4. The minimum Gasteiger partial charge on any atom is -0.496 e. The second-order valence-electron chi connectivity index (χ2n) is 9.84. The van der Waals surface area contributed by atoms with Gasteiger partial charge in [0.15, 0.2) is 0 Å². The number of amides is 1. The van der Waals surface area contributed by atoms with Gasteiger partial charge in [-0.25, -0.2) is 13.1 Å². The monoisotopic (exact) mass is 515 g/mol. The highest BCUT2D eigenvalue weighted by atomic mass is 32.2. The first-order chi connectivity index (χ1) is 17.2. The molecule has 0 aliphatic carbocycles. The number of piperazine rings is 1. The smallest absolute Gasteiger partial charge is 0.240 e. The summed E-state index contributed by atoms with van der Waals surface area (Å²) in [5, 5.41) is 2.90. The molecule has 2 aromatic carbocycles. The van der Waals surface area contributed by atoms with Gasteiger partial charge in [0.1, 0.15) is 5.75 Å². The summed E-state index contributed by atoms with van der Waals surface area (Å²) in [6, 6.07) is 10.3. The molecule has 2 aliphatic heterocycles. The summed E-state index contributed by atoms with van der Waals surface area (Å²) < 4.78 is 32.9. The number of sulfonamides is 1. The van der Waals surface area contributed by atoms with E-state index in [4.69, 9.17) is 4.74 Å². The molecule has 0 unspecified atom stereocenters. The van der Waals surface area contributed by atoms with Crippen molar-refractivity contribution in [3.8, 4) is 5.75 Å². The Kier molecular flexibility index (Phi) is 8.19. The van der Waals surface area contributed by atoms with Crippen molar-refractivity contribution in [2.45, 2.75) is 37.8 Å². The molecule has 1 amide bonds. The van der Waals surface area contributed by atoms with E-state index in [1.54, 1.807) is 33.1 Å². The van der Waals surface area contributed by atoms with Gasteiger partial charge >= 0.3 is 0 Å². The van der Waals surface area contributed by atoms with E-state index in [2.05, 4.69) is 43.9 Å². The molecule has 2 heterocycles. The van der Waals surface area contributed by atoms with Crippen LogP contribution in [0.2, 0.25) is 0 Å². The van der Waals surface area contributed by atoms with E-state index in [0.29, 0.717) is 12.2 Å². The van der Waals surface area contributed by atoms with Gasteiger partial charge < -0.3 is 19.9 Å². The molecule has 0 saturated carbocycles. The van der Waals surface area contributed by atoms with Gasteiger partial charge in [0.2, 0.25) is 15.9 Å². The zero-order valence-corrected chi connectivity index (χ0v) is 22.4. The standard InChI is InChI=1S/C26H37N5O4S/c1-19(2)28-36(33,34)21-7-5-20(6-8-21)27-26(32)18-30-12-11-22-23(17-30)24(9-10-25(22)35-4)31-15-13-29(3)14-16-31/h5-10,19,28H,11-18H2,1-4H3,(H,27,32). The number of nitrogens with one attached hydrogen (secondary N) is 2. The summed E-state index contributed by atoms with van der Waals surface area (Å²) in [5.41, 5.74) is 4.28. The Morgan fingerprint density at radius 2 is 1.69 bits per heavy atom. The van der Waals surface area contributed by atoms with Crippen molar-refractivity contribution in [1.29, 1.82) is 0 Å². The summed E-state index contributed by atoms with van der Waals surface area (Å²) >= 11 is 0. The van der Waals surface area contributed by atoms with Crippen LogP contribution >= 0.6 is 0 Å². The summed E-state index contributed by atoms with van der Waals surface area (Å²) in [7, 11) is 0.292. The number of rotatable bonds is 8. The van der Waals surface area contributed by atoms with E-state index in [1.165, 1.54) is 28.9 Å². The largest absolute Gasteiger partial charge is 0.496 e. The third-order valence-electron chi connectivity index (χ3n) is 6.69. The molecule has 2 aliphatic rings. The van der Waals surface area contributed by atoms with Crippen molar-refractivity contribution < 1.29 is 17.9 Å². The summed E-state index contributed by atoms with van der Waals surface area (Å²) in [6.45, 7) is 9.27. The normalized spacial score (nSPS) is 17.2. The molecule has 1 saturated heterocycles. The third-order valence-corrected chi connectivity index (χ3v) is 8.37. The molecule has 0 bridgehead atoms. The van der Waals surface area contributed by atoms with Crippen LogP contribution in [0.25, 0.3) is 0 Å². The molecular weight excluding hydrogens is 478 g/mol. The van der Waals surface area contributed by atoms with E-state index < -0.39 is 10.0 Å². The molecule has 4 rings (SSSR count). The number of hydrogen-bond acceptors (Lipinski definition) is 7. The fourth-order valence-corrected chi connectivity index (χ4v) is 6.10. The van der Waals surface area contributed by atoms with E-state index in [1.807, 2.05) is 0 Å². The molecular formula is C26H37N5O4S. The minimum absolute atomic E-state index is 0.126. The maximum Gasteiger partial charge on any atom is 0.240 e. The number of carbonyl (C=O) groups is 1. The number of nitrogens with zero attached hydrogens (tertiary/aromatic N) is 3. The van der Waals surface area contributed by atoms with Crippen molar-refractivity contribution >= 4 is 27.3 Å². The van der Waals surface area contributed by atoms with Gasteiger partial charge in [-0.15, -0.1) is 0 Å². The van der Waals surface area contributed by atoms with Crippen LogP contribution in [0.4, 0.5) is 11.4 Å². The highest BCUT2D eigenvalue weighted by molar-refractivity contribution is 7.89. The molecule has 196 valence electrons. The first kappa shape index (κ1) is 26.4. The van der Waals surface area contributed by atoms with Gasteiger partial charge in [-0.2, -0.15) is 0 Å². The first-order valence-corrected chi connectivity index (χ1v) is 13.9. The lowest BCUT2D eigenvalue weighted by molar-refractivity contribution is -0.117. The number of anilines is 2. The van der Waals surface area contributed by atoms with Crippen molar-refractivity contribution in [1.82, 2.24) is 14.5 Å². The maximum absolute atomic E-state index is 12.8. The van der Waals surface area contributed by atoms with Crippen LogP contribution in [0, 0.1) is 0 Å². The van der Waals surface area contributed by atoms with Crippen molar-refractivity contribution in [3.05, 3.63) is 47.5 Å². The second-order valence-corrected chi connectivity index (χ2v) is 11.6. The van der Waals surface area contributed by atoms with Crippen LogP contribution in [0.5, 0.6) is 5.75 Å². The zero-order chi connectivity index (χ0) is 25.9. The minimum atomic E-state index is -3.57. The molecule has 0 spiro atoms. The fourth-order valence-electron chi connectivity index (χ4n) is 4.85. The molecule has 1 fully saturated rings. The second kappa shape index (κ2) is 11.2. The van der Waals surface area contributed by atoms with Crippen LogP contribution in [0.3, 0.4) is 0 Å². The van der Waals surface area contributed by atoms with Gasteiger partial charge in [-0.3, -0.25) is 9.69 Å². The molecule has 10 heteroatoms. The van der Waals surface area contributed by atoms with E-state index in [-0.39, 0.29) is 23.4 Å². The number of likely N-dealkylation sites (N-methyl/N-ethyl adjacent to an activating group) is 1. The number of hydrogen-bond donors (Lipinski definition) is 2. The highest BCUT2D eigenvalue weighted by Gasteiger charge is 2.27. The molecule has 0 atom stereocenters. The van der Waals surface area contributed by atoms with Crippen LogP contribution in [0.15, 0.2) is 41.3 Å². The Morgan fingerprint density at radius 3 is 2.33 bits per heavy atom. The summed E-state index contributed by atoms with van der Waals surface area (Å²) in [5.74, 6) is 0.785. The van der Waals surface area contributed by atoms with Gasteiger partial charge in [0.05, 0.1) is 18.6 Å². The van der Waals surface area contributed by atoms with Crippen LogP contribution in [0.1, 0.15) is 25.0 Å². The van der Waals surface area contributed by atoms with Crippen LogP contribution < -0.4 is 19.7 Å². The molecule has 0 aromatic heterocycles. The van der Waals surface area contributed by atoms with Crippen molar-refractivity contribution in [2.75, 3.05) is 63.6 Å². The average Bonchev–Trinajstić information content (AvgIpc) is 2.83. The Hall–Kier alpha value is -2.66. The molecule has 0 radical (unpaired) electrons. The SMILES string of the molecule is COc1ccc(N2CCN(C)CC2)c2c1CCN(CC(=O)Nc1ccc(S(=O)(=O)NC(C)C)cc1)C2. The molecule has 2 aromatic rings. The Morgan fingerprint density at radius 1 is 1.00 bits per heavy atom. The fraction of sp³-hybridized carbons (Fsp3) is 0.500. The topological polar surface area (TPSA) is 94.2 Å². The molecule has 36 heavy (non-hydrogen) atoms. The quantitative estimate of drug-likeness (QED) is 0.556. The average molecular weight is 516 g/mol. The number of benzene rings is 2. The van der Waals surface area contributed by atoms with Crippen molar-refractivity contribution in [2.24, 2.45) is 0 Å². The zero-order valence-electron chi connectivity index (χ0n) is 21.6. The van der Waals surface area contributed by atoms with Gasteiger partial charge in [0, 0.05) is 62.2 Å². The number of methoxy groups -OCH3 is 1. The van der Waals surface area contributed by atoms with E-state index in [9.17, 15) is 13.2 Å².